The molecule has 16 heavy (non-hydrogen) atoms. The third-order valence-electron chi connectivity index (χ3n) is 1.90. The Morgan fingerprint density at radius 3 is 2.56 bits per heavy atom. The van der Waals surface area contributed by atoms with Gasteiger partial charge in [-0.05, 0) is 17.5 Å². The summed E-state index contributed by atoms with van der Waals surface area (Å²) in [4.78, 5) is 0.623. The second kappa shape index (κ2) is 3.75. The fourth-order valence-corrected chi connectivity index (χ4v) is 1.85. The molecular formula is C9H6F3N3S. The number of anilines is 1. The molecule has 84 valence electrons. The maximum Gasteiger partial charge on any atom is 0.420 e. The lowest BCUT2D eigenvalue weighted by Crippen LogP contribution is -2.11. The molecule has 0 aliphatic heterocycles. The quantitative estimate of drug-likeness (QED) is 0.840. The Bertz CT molecular complexity index is 493. The Morgan fingerprint density at radius 2 is 2.00 bits per heavy atom. The van der Waals surface area contributed by atoms with E-state index in [0.29, 0.717) is 4.88 Å². The summed E-state index contributed by atoms with van der Waals surface area (Å²) in [5.41, 5.74) is 4.36. The molecule has 0 aliphatic rings. The van der Waals surface area contributed by atoms with Gasteiger partial charge in [0.1, 0.15) is 11.3 Å². The van der Waals surface area contributed by atoms with E-state index in [1.165, 1.54) is 11.3 Å². The van der Waals surface area contributed by atoms with Gasteiger partial charge in [-0.3, -0.25) is 0 Å². The van der Waals surface area contributed by atoms with Gasteiger partial charge < -0.3 is 5.73 Å². The molecule has 2 rings (SSSR count). The molecule has 0 amide bonds. The van der Waals surface area contributed by atoms with Crippen LogP contribution in [0, 0.1) is 0 Å². The lowest BCUT2D eigenvalue weighted by Gasteiger charge is -2.08. The maximum absolute atomic E-state index is 12.5. The minimum absolute atomic E-state index is 0.177. The van der Waals surface area contributed by atoms with Gasteiger partial charge in [0, 0.05) is 0 Å². The van der Waals surface area contributed by atoms with Crippen molar-refractivity contribution in [1.29, 1.82) is 0 Å². The lowest BCUT2D eigenvalue weighted by atomic mass is 10.2. The average molecular weight is 245 g/mol. The molecule has 2 heterocycles. The maximum atomic E-state index is 12.5. The van der Waals surface area contributed by atoms with Gasteiger partial charge in [-0.25, -0.2) is 0 Å². The van der Waals surface area contributed by atoms with Crippen molar-refractivity contribution in [2.75, 3.05) is 5.73 Å². The number of thiophene rings is 1. The van der Waals surface area contributed by atoms with Crippen molar-refractivity contribution in [3.05, 3.63) is 29.1 Å². The number of nitrogen functional groups attached to an aromatic ring is 1. The van der Waals surface area contributed by atoms with Crippen molar-refractivity contribution in [1.82, 2.24) is 10.2 Å². The molecule has 0 saturated heterocycles. The molecule has 3 nitrogen and oxygen atoms in total. The van der Waals surface area contributed by atoms with Crippen LogP contribution in [0.15, 0.2) is 23.6 Å². The van der Waals surface area contributed by atoms with Gasteiger partial charge in [0.25, 0.3) is 0 Å². The van der Waals surface area contributed by atoms with Crippen LogP contribution in [0.5, 0.6) is 0 Å². The van der Waals surface area contributed by atoms with Crippen LogP contribution in [0.4, 0.5) is 19.0 Å². The van der Waals surface area contributed by atoms with E-state index in [9.17, 15) is 13.2 Å². The topological polar surface area (TPSA) is 51.8 Å². The number of alkyl halides is 3. The molecule has 0 radical (unpaired) electrons. The van der Waals surface area contributed by atoms with Crippen molar-refractivity contribution >= 4 is 17.2 Å². The van der Waals surface area contributed by atoms with Crippen LogP contribution in [0.25, 0.3) is 10.6 Å². The van der Waals surface area contributed by atoms with Crippen molar-refractivity contribution in [2.45, 2.75) is 6.18 Å². The van der Waals surface area contributed by atoms with Crippen LogP contribution in [0.1, 0.15) is 5.56 Å². The van der Waals surface area contributed by atoms with Crippen molar-refractivity contribution in [3.63, 3.8) is 0 Å². The summed E-state index contributed by atoms with van der Waals surface area (Å²) < 4.78 is 37.6. The SMILES string of the molecule is Nc1nnc(-c2cccs2)cc1C(F)(F)F. The zero-order valence-corrected chi connectivity index (χ0v) is 8.64. The first-order valence-electron chi connectivity index (χ1n) is 4.23. The highest BCUT2D eigenvalue weighted by molar-refractivity contribution is 7.13. The van der Waals surface area contributed by atoms with E-state index in [0.717, 1.165) is 6.07 Å². The minimum atomic E-state index is -4.51. The van der Waals surface area contributed by atoms with E-state index >= 15 is 0 Å². The number of halogens is 3. The largest absolute Gasteiger partial charge is 0.420 e. The van der Waals surface area contributed by atoms with Gasteiger partial charge in [-0.1, -0.05) is 6.07 Å². The zero-order valence-electron chi connectivity index (χ0n) is 7.82. The lowest BCUT2D eigenvalue weighted by molar-refractivity contribution is -0.137. The molecule has 7 heteroatoms. The van der Waals surface area contributed by atoms with E-state index in [1.54, 1.807) is 17.5 Å². The molecule has 0 aromatic carbocycles. The summed E-state index contributed by atoms with van der Waals surface area (Å²) >= 11 is 1.29. The number of rotatable bonds is 1. The second-order valence-electron chi connectivity index (χ2n) is 3.00. The van der Waals surface area contributed by atoms with Crippen molar-refractivity contribution in [2.24, 2.45) is 0 Å². The number of nitrogens with two attached hydrogens (primary N) is 1. The molecule has 2 aromatic rings. The molecule has 2 N–H and O–H groups in total. The van der Waals surface area contributed by atoms with E-state index in [4.69, 9.17) is 5.73 Å². The van der Waals surface area contributed by atoms with Crippen LogP contribution in [0.3, 0.4) is 0 Å². The van der Waals surface area contributed by atoms with Crippen LogP contribution >= 0.6 is 11.3 Å². The van der Waals surface area contributed by atoms with Gasteiger partial charge in [-0.2, -0.15) is 13.2 Å². The molecular weight excluding hydrogens is 239 g/mol. The average Bonchev–Trinajstić information content (AvgIpc) is 2.69. The van der Waals surface area contributed by atoms with E-state index in [-0.39, 0.29) is 5.69 Å². The van der Waals surface area contributed by atoms with Crippen LogP contribution < -0.4 is 5.73 Å². The third-order valence-corrected chi connectivity index (χ3v) is 2.79. The summed E-state index contributed by atoms with van der Waals surface area (Å²) in [6.45, 7) is 0. The van der Waals surface area contributed by atoms with Gasteiger partial charge in [-0.15, -0.1) is 21.5 Å². The van der Waals surface area contributed by atoms with Gasteiger partial charge in [0.2, 0.25) is 0 Å². The molecule has 0 atom stereocenters. The highest BCUT2D eigenvalue weighted by Crippen LogP contribution is 2.34. The summed E-state index contributed by atoms with van der Waals surface area (Å²) in [5.74, 6) is -0.604. The Kier molecular flexibility index (Phi) is 2.55. The molecule has 0 spiro atoms. The molecule has 0 fully saturated rings. The van der Waals surface area contributed by atoms with Crippen molar-refractivity contribution in [3.8, 4) is 10.6 Å². The number of hydrogen-bond donors (Lipinski definition) is 1. The molecule has 0 unspecified atom stereocenters. The number of nitrogens with zero attached hydrogens (tertiary/aromatic N) is 2. The second-order valence-corrected chi connectivity index (χ2v) is 3.95. The Morgan fingerprint density at radius 1 is 1.25 bits per heavy atom. The minimum Gasteiger partial charge on any atom is -0.382 e. The fourth-order valence-electron chi connectivity index (χ4n) is 1.17. The predicted molar refractivity (Wildman–Crippen MR) is 54.8 cm³/mol. The van der Waals surface area contributed by atoms with E-state index in [1.807, 2.05) is 0 Å². The summed E-state index contributed by atoms with van der Waals surface area (Å²) in [7, 11) is 0. The Hall–Kier alpha value is -1.63. The Balaban J connectivity index is 2.52. The highest BCUT2D eigenvalue weighted by Gasteiger charge is 2.34. The van der Waals surface area contributed by atoms with Gasteiger partial charge in [0.05, 0.1) is 4.88 Å². The van der Waals surface area contributed by atoms with Crippen molar-refractivity contribution < 1.29 is 13.2 Å². The third kappa shape index (κ3) is 1.99. The first-order chi connectivity index (χ1) is 7.48. The fraction of sp³-hybridized carbons (Fsp3) is 0.111. The standard InChI is InChI=1S/C9H6F3N3S/c10-9(11,12)5-4-6(14-15-8(5)13)7-2-1-3-16-7/h1-4H,(H2,13,15). The molecule has 0 saturated carbocycles. The predicted octanol–water partition coefficient (Wildman–Crippen LogP) is 2.81. The number of aromatic nitrogens is 2. The molecule has 0 aliphatic carbocycles. The summed E-state index contributed by atoms with van der Waals surface area (Å²) in [5, 5.41) is 8.70. The summed E-state index contributed by atoms with van der Waals surface area (Å²) in [6, 6.07) is 4.31. The number of hydrogen-bond acceptors (Lipinski definition) is 4. The Labute approximate surface area is 92.7 Å². The first-order valence-corrected chi connectivity index (χ1v) is 5.11. The van der Waals surface area contributed by atoms with E-state index < -0.39 is 17.6 Å². The van der Waals surface area contributed by atoms with Crippen LogP contribution in [-0.4, -0.2) is 10.2 Å². The van der Waals surface area contributed by atoms with Gasteiger partial charge >= 0.3 is 6.18 Å². The smallest absolute Gasteiger partial charge is 0.382 e. The van der Waals surface area contributed by atoms with Crippen LogP contribution in [-0.2, 0) is 6.18 Å². The van der Waals surface area contributed by atoms with Gasteiger partial charge in [0.15, 0.2) is 5.82 Å². The van der Waals surface area contributed by atoms with E-state index in [2.05, 4.69) is 10.2 Å². The molecule has 0 bridgehead atoms. The normalized spacial score (nSPS) is 11.7. The first kappa shape index (κ1) is 10.9. The summed E-state index contributed by atoms with van der Waals surface area (Å²) in [6.07, 6.45) is -4.51. The highest BCUT2D eigenvalue weighted by atomic mass is 32.1. The molecule has 2 aromatic heterocycles. The zero-order chi connectivity index (χ0) is 11.8. The monoisotopic (exact) mass is 245 g/mol. The van der Waals surface area contributed by atoms with Crippen LogP contribution in [0.2, 0.25) is 0 Å².